The zero-order chi connectivity index (χ0) is 21.8. The van der Waals surface area contributed by atoms with Gasteiger partial charge in [-0.25, -0.2) is 4.79 Å². The van der Waals surface area contributed by atoms with Crippen molar-refractivity contribution in [2.45, 2.75) is 51.8 Å². The van der Waals surface area contributed by atoms with Crippen LogP contribution in [0.1, 0.15) is 38.7 Å². The lowest BCUT2D eigenvalue weighted by Gasteiger charge is -2.34. The van der Waals surface area contributed by atoms with Crippen LogP contribution in [0.5, 0.6) is 0 Å². The fourth-order valence-corrected chi connectivity index (χ4v) is 3.34. The first kappa shape index (κ1) is 27.4. The van der Waals surface area contributed by atoms with E-state index in [0.29, 0.717) is 12.6 Å². The Balaban J connectivity index is 0.00000480. The molecular weight excluding hydrogens is 509 g/mol. The van der Waals surface area contributed by atoms with E-state index >= 15 is 0 Å². The molecule has 1 fully saturated rings. The molecule has 1 saturated heterocycles. The summed E-state index contributed by atoms with van der Waals surface area (Å²) >= 11 is 0. The van der Waals surface area contributed by atoms with Crippen LogP contribution in [0, 0.1) is 0 Å². The van der Waals surface area contributed by atoms with Gasteiger partial charge >= 0.3 is 6.03 Å². The average molecular weight is 547 g/mol. The van der Waals surface area contributed by atoms with Crippen LogP contribution in [-0.4, -0.2) is 69.5 Å². The second kappa shape index (κ2) is 15.3. The third kappa shape index (κ3) is 10.5. The van der Waals surface area contributed by atoms with Crippen molar-refractivity contribution in [1.29, 1.82) is 0 Å². The van der Waals surface area contributed by atoms with Gasteiger partial charge in [0.25, 0.3) is 0 Å². The highest BCUT2D eigenvalue weighted by atomic mass is 127. The van der Waals surface area contributed by atoms with Gasteiger partial charge in [0.2, 0.25) is 0 Å². The highest BCUT2D eigenvalue weighted by Gasteiger charge is 2.21. The molecule has 1 aliphatic heterocycles. The number of amides is 2. The van der Waals surface area contributed by atoms with Crippen LogP contribution >= 0.6 is 24.0 Å². The van der Waals surface area contributed by atoms with Gasteiger partial charge in [0.15, 0.2) is 5.96 Å². The molecule has 8 nitrogen and oxygen atoms in total. The molecule has 31 heavy (non-hydrogen) atoms. The minimum atomic E-state index is -0.192. The minimum Gasteiger partial charge on any atom is -0.385 e. The highest BCUT2D eigenvalue weighted by molar-refractivity contribution is 14.0. The zero-order valence-electron chi connectivity index (χ0n) is 19.1. The van der Waals surface area contributed by atoms with E-state index in [4.69, 9.17) is 9.47 Å². The van der Waals surface area contributed by atoms with E-state index in [1.54, 1.807) is 7.11 Å². The maximum Gasteiger partial charge on any atom is 0.319 e. The van der Waals surface area contributed by atoms with Gasteiger partial charge < -0.3 is 30.3 Å². The number of carbonyl (C=O) groups is 1. The molecule has 0 radical (unpaired) electrons. The number of urea groups is 1. The van der Waals surface area contributed by atoms with Gasteiger partial charge in [0, 0.05) is 58.7 Å². The van der Waals surface area contributed by atoms with Gasteiger partial charge in [-0.2, -0.15) is 0 Å². The molecule has 1 aliphatic rings. The molecule has 0 aliphatic carbocycles. The number of anilines is 1. The number of benzene rings is 1. The summed E-state index contributed by atoms with van der Waals surface area (Å²) in [6.07, 6.45) is 3.28. The Morgan fingerprint density at radius 1 is 1.19 bits per heavy atom. The molecule has 0 bridgehead atoms. The monoisotopic (exact) mass is 547 g/mol. The summed E-state index contributed by atoms with van der Waals surface area (Å²) < 4.78 is 11.0. The van der Waals surface area contributed by atoms with Crippen molar-refractivity contribution < 1.29 is 14.3 Å². The number of halogens is 1. The summed E-state index contributed by atoms with van der Waals surface area (Å²) in [4.78, 5) is 18.5. The Morgan fingerprint density at radius 3 is 2.45 bits per heavy atom. The number of ether oxygens (including phenoxy) is 2. The van der Waals surface area contributed by atoms with Crippen LogP contribution in [-0.2, 0) is 16.0 Å². The van der Waals surface area contributed by atoms with Gasteiger partial charge in [-0.1, -0.05) is 12.1 Å². The maximum atomic E-state index is 11.8. The molecule has 0 unspecified atom stereocenters. The molecule has 2 amide bonds. The fourth-order valence-electron chi connectivity index (χ4n) is 3.34. The molecule has 0 saturated carbocycles. The van der Waals surface area contributed by atoms with Crippen molar-refractivity contribution in [3.05, 3.63) is 29.8 Å². The number of aliphatic imine (C=N–C) groups is 1. The van der Waals surface area contributed by atoms with Crippen molar-refractivity contribution in [2.24, 2.45) is 4.99 Å². The van der Waals surface area contributed by atoms with Crippen molar-refractivity contribution in [1.82, 2.24) is 15.5 Å². The summed E-state index contributed by atoms with van der Waals surface area (Å²) in [6.45, 7) is 7.91. The average Bonchev–Trinajstić information content (AvgIpc) is 2.73. The van der Waals surface area contributed by atoms with Crippen molar-refractivity contribution in [3.63, 3.8) is 0 Å². The van der Waals surface area contributed by atoms with Crippen LogP contribution in [0.15, 0.2) is 29.3 Å². The van der Waals surface area contributed by atoms with Crippen molar-refractivity contribution in [3.8, 4) is 0 Å². The van der Waals surface area contributed by atoms with E-state index in [0.717, 1.165) is 62.8 Å². The largest absolute Gasteiger partial charge is 0.385 e. The van der Waals surface area contributed by atoms with Crippen LogP contribution in [0.25, 0.3) is 0 Å². The zero-order valence-corrected chi connectivity index (χ0v) is 21.5. The number of carbonyl (C=O) groups excluding carboxylic acids is 1. The molecule has 0 aromatic heterocycles. The Kier molecular flexibility index (Phi) is 13.5. The number of methoxy groups -OCH3 is 1. The number of hydrogen-bond acceptors (Lipinski definition) is 4. The topological polar surface area (TPSA) is 87.2 Å². The lowest BCUT2D eigenvalue weighted by atomic mass is 10.1. The van der Waals surface area contributed by atoms with E-state index in [2.05, 4.69) is 25.8 Å². The van der Waals surface area contributed by atoms with Gasteiger partial charge in [-0.3, -0.25) is 4.99 Å². The maximum absolute atomic E-state index is 11.8. The third-order valence-corrected chi connectivity index (χ3v) is 4.88. The van der Waals surface area contributed by atoms with Crippen LogP contribution < -0.4 is 16.0 Å². The van der Waals surface area contributed by atoms with Gasteiger partial charge in [0.1, 0.15) is 0 Å². The van der Waals surface area contributed by atoms with E-state index in [9.17, 15) is 4.79 Å². The van der Waals surface area contributed by atoms with E-state index in [1.807, 2.05) is 45.2 Å². The molecule has 176 valence electrons. The summed E-state index contributed by atoms with van der Waals surface area (Å²) in [5.41, 5.74) is 1.90. The molecule has 9 heteroatoms. The Labute approximate surface area is 203 Å². The molecule has 2 rings (SSSR count). The van der Waals surface area contributed by atoms with E-state index < -0.39 is 0 Å². The fraction of sp³-hybridized carbons (Fsp3) is 0.636. The number of guanidine groups is 1. The summed E-state index contributed by atoms with van der Waals surface area (Å²) in [7, 11) is 3.53. The summed E-state index contributed by atoms with van der Waals surface area (Å²) in [6, 6.07) is 7.74. The first-order valence-electron chi connectivity index (χ1n) is 10.7. The summed E-state index contributed by atoms with van der Waals surface area (Å²) in [5, 5.41) is 9.08. The number of hydrogen-bond donors (Lipinski definition) is 3. The quantitative estimate of drug-likeness (QED) is 0.191. The first-order valence-corrected chi connectivity index (χ1v) is 10.7. The van der Waals surface area contributed by atoms with Gasteiger partial charge in [-0.15, -0.1) is 24.0 Å². The molecule has 3 N–H and O–H groups in total. The van der Waals surface area contributed by atoms with Gasteiger partial charge in [-0.05, 0) is 50.8 Å². The number of likely N-dealkylation sites (tertiary alicyclic amines) is 1. The molecule has 0 atom stereocenters. The van der Waals surface area contributed by atoms with Crippen LogP contribution in [0.4, 0.5) is 10.5 Å². The van der Waals surface area contributed by atoms with E-state index in [-0.39, 0.29) is 36.0 Å². The van der Waals surface area contributed by atoms with Gasteiger partial charge in [0.05, 0.1) is 6.10 Å². The number of rotatable bonds is 9. The molecule has 1 aromatic carbocycles. The third-order valence-electron chi connectivity index (χ3n) is 4.88. The predicted octanol–water partition coefficient (Wildman–Crippen LogP) is 3.43. The molecule has 1 aromatic rings. The highest BCUT2D eigenvalue weighted by Crippen LogP contribution is 2.15. The predicted molar refractivity (Wildman–Crippen MR) is 136 cm³/mol. The van der Waals surface area contributed by atoms with Crippen molar-refractivity contribution >= 4 is 41.7 Å². The molecule has 1 heterocycles. The second-order valence-corrected chi connectivity index (χ2v) is 7.75. The standard InChI is InChI=1S/C22H37N5O3.HI/c1-17(2)25-22(28)26-19-8-6-18(7-9-19)16-24-21(23-3)27-12-10-20(11-13-27)30-15-5-14-29-4;/h6-9,17,20H,5,10-16H2,1-4H3,(H,23,24)(H2,25,26,28);1H. The van der Waals surface area contributed by atoms with Crippen LogP contribution in [0.2, 0.25) is 0 Å². The van der Waals surface area contributed by atoms with Crippen LogP contribution in [0.3, 0.4) is 0 Å². The normalized spacial score (nSPS) is 14.9. The van der Waals surface area contributed by atoms with Crippen molar-refractivity contribution in [2.75, 3.05) is 45.8 Å². The Morgan fingerprint density at radius 2 is 1.87 bits per heavy atom. The van der Waals surface area contributed by atoms with E-state index in [1.165, 1.54) is 0 Å². The molecule has 0 spiro atoms. The Hall–Kier alpha value is -1.59. The minimum absolute atomic E-state index is 0. The number of nitrogens with zero attached hydrogens (tertiary/aromatic N) is 2. The Bertz CT molecular complexity index is 662. The summed E-state index contributed by atoms with van der Waals surface area (Å²) in [5.74, 6) is 0.909. The molecular formula is C22H38IN5O3. The first-order chi connectivity index (χ1) is 14.5. The SMILES string of the molecule is CN=C(NCc1ccc(NC(=O)NC(C)C)cc1)N1CCC(OCCCOC)CC1.I. The number of nitrogens with one attached hydrogen (secondary N) is 3. The lowest BCUT2D eigenvalue weighted by Crippen LogP contribution is -2.46. The second-order valence-electron chi connectivity index (χ2n) is 7.75. The smallest absolute Gasteiger partial charge is 0.319 e. The number of piperidine rings is 1. The lowest BCUT2D eigenvalue weighted by molar-refractivity contribution is 0.00989.